The molecular formula is C15H20FNO3S. The Balaban J connectivity index is 2.43. The van der Waals surface area contributed by atoms with Crippen molar-refractivity contribution in [2.24, 2.45) is 5.41 Å². The lowest BCUT2D eigenvalue weighted by Crippen LogP contribution is -2.49. The van der Waals surface area contributed by atoms with E-state index in [2.05, 4.69) is 5.32 Å². The van der Waals surface area contributed by atoms with Gasteiger partial charge in [0.15, 0.2) is 0 Å². The molecule has 1 unspecified atom stereocenters. The molecule has 6 heteroatoms. The van der Waals surface area contributed by atoms with E-state index in [0.29, 0.717) is 5.75 Å². The van der Waals surface area contributed by atoms with Crippen LogP contribution in [0.4, 0.5) is 4.39 Å². The van der Waals surface area contributed by atoms with Gasteiger partial charge in [-0.25, -0.2) is 9.18 Å². The topological polar surface area (TPSA) is 66.4 Å². The molecule has 0 aliphatic carbocycles. The molecule has 0 radical (unpaired) electrons. The largest absolute Gasteiger partial charge is 0.480 e. The van der Waals surface area contributed by atoms with Crippen molar-refractivity contribution in [1.82, 2.24) is 5.32 Å². The van der Waals surface area contributed by atoms with Gasteiger partial charge in [-0.15, -0.1) is 11.8 Å². The number of carboxylic acid groups (broad SMARTS) is 1. The van der Waals surface area contributed by atoms with E-state index in [1.54, 1.807) is 32.9 Å². The van der Waals surface area contributed by atoms with Crippen molar-refractivity contribution in [3.05, 3.63) is 35.6 Å². The molecule has 4 nitrogen and oxygen atoms in total. The normalized spacial score (nSPS) is 12.8. The lowest BCUT2D eigenvalue weighted by molar-refractivity contribution is -0.144. The highest BCUT2D eigenvalue weighted by molar-refractivity contribution is 7.99. The number of carbonyl (C=O) groups excluding carboxylic acids is 1. The van der Waals surface area contributed by atoms with E-state index >= 15 is 0 Å². The number of benzene rings is 1. The zero-order chi connectivity index (χ0) is 16.0. The lowest BCUT2D eigenvalue weighted by atomic mass is 9.87. The highest BCUT2D eigenvalue weighted by Gasteiger charge is 2.32. The molecular weight excluding hydrogens is 293 g/mol. The molecule has 1 rings (SSSR count). The number of halogens is 1. The zero-order valence-electron chi connectivity index (χ0n) is 12.4. The van der Waals surface area contributed by atoms with Gasteiger partial charge < -0.3 is 10.4 Å². The van der Waals surface area contributed by atoms with Crippen LogP contribution in [0.3, 0.4) is 0 Å². The minimum absolute atomic E-state index is 0.164. The standard InChI is InChI=1S/C15H20FNO3S/c1-15(2,3)13(14(19)20)17-12(18)9-21-8-10-4-6-11(16)7-5-10/h4-7,13H,8-9H2,1-3H3,(H,17,18)(H,19,20). The molecule has 116 valence electrons. The molecule has 0 aliphatic rings. The van der Waals surface area contributed by atoms with Gasteiger partial charge in [-0.1, -0.05) is 32.9 Å². The third kappa shape index (κ3) is 6.16. The summed E-state index contributed by atoms with van der Waals surface area (Å²) in [6.45, 7) is 5.28. The summed E-state index contributed by atoms with van der Waals surface area (Å²) in [5.41, 5.74) is 0.364. The van der Waals surface area contributed by atoms with Gasteiger partial charge in [0, 0.05) is 5.75 Å². The molecule has 0 aliphatic heterocycles. The van der Waals surface area contributed by atoms with Crippen LogP contribution in [-0.2, 0) is 15.3 Å². The number of nitrogens with one attached hydrogen (secondary N) is 1. The summed E-state index contributed by atoms with van der Waals surface area (Å²) in [4.78, 5) is 22.9. The first-order chi connectivity index (χ1) is 9.70. The minimum atomic E-state index is -1.04. The summed E-state index contributed by atoms with van der Waals surface area (Å²) >= 11 is 1.36. The smallest absolute Gasteiger partial charge is 0.326 e. The van der Waals surface area contributed by atoms with Gasteiger partial charge in [-0.2, -0.15) is 0 Å². The van der Waals surface area contributed by atoms with Crippen LogP contribution >= 0.6 is 11.8 Å². The monoisotopic (exact) mass is 313 g/mol. The second kappa shape index (κ2) is 7.45. The number of aliphatic carboxylic acids is 1. The van der Waals surface area contributed by atoms with E-state index in [1.165, 1.54) is 23.9 Å². The predicted molar refractivity (Wildman–Crippen MR) is 81.6 cm³/mol. The molecule has 1 amide bonds. The first-order valence-corrected chi connectivity index (χ1v) is 7.70. The van der Waals surface area contributed by atoms with E-state index in [1.807, 2.05) is 0 Å². The summed E-state index contributed by atoms with van der Waals surface area (Å²) in [6.07, 6.45) is 0. The van der Waals surface area contributed by atoms with Crippen LogP contribution in [0.15, 0.2) is 24.3 Å². The van der Waals surface area contributed by atoms with Crippen LogP contribution in [0.25, 0.3) is 0 Å². The number of amides is 1. The van der Waals surface area contributed by atoms with Crippen LogP contribution in [0.2, 0.25) is 0 Å². The van der Waals surface area contributed by atoms with Crippen molar-refractivity contribution in [2.75, 3.05) is 5.75 Å². The van der Waals surface area contributed by atoms with Gasteiger partial charge in [-0.3, -0.25) is 4.79 Å². The molecule has 0 spiro atoms. The molecule has 0 saturated heterocycles. The van der Waals surface area contributed by atoms with Crippen molar-refractivity contribution < 1.29 is 19.1 Å². The van der Waals surface area contributed by atoms with Crippen molar-refractivity contribution in [3.8, 4) is 0 Å². The predicted octanol–water partition coefficient (Wildman–Crippen LogP) is 2.67. The molecule has 0 fully saturated rings. The average Bonchev–Trinajstić information content (AvgIpc) is 2.36. The zero-order valence-corrected chi connectivity index (χ0v) is 13.2. The van der Waals surface area contributed by atoms with Crippen LogP contribution in [0, 0.1) is 11.2 Å². The van der Waals surface area contributed by atoms with Crippen LogP contribution in [0.5, 0.6) is 0 Å². The molecule has 0 bridgehead atoms. The quantitative estimate of drug-likeness (QED) is 0.847. The fraction of sp³-hybridized carbons (Fsp3) is 0.467. The van der Waals surface area contributed by atoms with Crippen molar-refractivity contribution in [2.45, 2.75) is 32.6 Å². The molecule has 2 N–H and O–H groups in total. The molecule has 0 saturated carbocycles. The van der Waals surface area contributed by atoms with Crippen LogP contribution in [0.1, 0.15) is 26.3 Å². The second-order valence-corrected chi connectivity index (χ2v) is 6.81. The van der Waals surface area contributed by atoms with Crippen molar-refractivity contribution >= 4 is 23.6 Å². The fourth-order valence-electron chi connectivity index (χ4n) is 1.69. The maximum Gasteiger partial charge on any atom is 0.326 e. The van der Waals surface area contributed by atoms with E-state index < -0.39 is 17.4 Å². The average molecular weight is 313 g/mol. The van der Waals surface area contributed by atoms with Gasteiger partial charge in [0.25, 0.3) is 0 Å². The molecule has 1 atom stereocenters. The third-order valence-corrected chi connectivity index (χ3v) is 3.84. The molecule has 0 aromatic heterocycles. The molecule has 0 heterocycles. The Morgan fingerprint density at radius 2 is 1.86 bits per heavy atom. The summed E-state index contributed by atoms with van der Waals surface area (Å²) in [5, 5.41) is 11.7. The first kappa shape index (κ1) is 17.5. The van der Waals surface area contributed by atoms with Crippen LogP contribution < -0.4 is 5.32 Å². The summed E-state index contributed by atoms with van der Waals surface area (Å²) in [7, 11) is 0. The Morgan fingerprint density at radius 3 is 2.33 bits per heavy atom. The maximum absolute atomic E-state index is 12.7. The number of thioether (sulfide) groups is 1. The van der Waals surface area contributed by atoms with E-state index in [9.17, 15) is 14.0 Å². The Labute approximate surface area is 128 Å². The highest BCUT2D eigenvalue weighted by Crippen LogP contribution is 2.20. The Hall–Kier alpha value is -1.56. The third-order valence-electron chi connectivity index (χ3n) is 2.83. The molecule has 1 aromatic carbocycles. The Kier molecular flexibility index (Phi) is 6.20. The fourth-order valence-corrected chi connectivity index (χ4v) is 2.49. The molecule has 21 heavy (non-hydrogen) atoms. The molecule has 1 aromatic rings. The van der Waals surface area contributed by atoms with Gasteiger partial charge in [0.05, 0.1) is 5.75 Å². The van der Waals surface area contributed by atoms with E-state index in [-0.39, 0.29) is 17.5 Å². The number of hydrogen-bond donors (Lipinski definition) is 2. The number of hydrogen-bond acceptors (Lipinski definition) is 3. The van der Waals surface area contributed by atoms with Gasteiger partial charge >= 0.3 is 5.97 Å². The maximum atomic E-state index is 12.7. The second-order valence-electron chi connectivity index (χ2n) is 5.82. The highest BCUT2D eigenvalue weighted by atomic mass is 32.2. The summed E-state index contributed by atoms with van der Waals surface area (Å²) in [6, 6.07) is 5.15. The van der Waals surface area contributed by atoms with Gasteiger partial charge in [0.2, 0.25) is 5.91 Å². The number of carbonyl (C=O) groups is 2. The SMILES string of the molecule is CC(C)(C)C(NC(=O)CSCc1ccc(F)cc1)C(=O)O. The number of rotatable bonds is 6. The van der Waals surface area contributed by atoms with Crippen molar-refractivity contribution in [3.63, 3.8) is 0 Å². The first-order valence-electron chi connectivity index (χ1n) is 6.54. The summed E-state index contributed by atoms with van der Waals surface area (Å²) < 4.78 is 12.7. The van der Waals surface area contributed by atoms with Gasteiger partial charge in [-0.05, 0) is 23.1 Å². The van der Waals surface area contributed by atoms with Crippen LogP contribution in [-0.4, -0.2) is 28.8 Å². The Morgan fingerprint density at radius 1 is 1.29 bits per heavy atom. The summed E-state index contributed by atoms with van der Waals surface area (Å²) in [5.74, 6) is -0.919. The number of carboxylic acids is 1. The lowest BCUT2D eigenvalue weighted by Gasteiger charge is -2.27. The minimum Gasteiger partial charge on any atom is -0.480 e. The Bertz CT molecular complexity index is 497. The van der Waals surface area contributed by atoms with Crippen molar-refractivity contribution in [1.29, 1.82) is 0 Å². The van der Waals surface area contributed by atoms with Gasteiger partial charge in [0.1, 0.15) is 11.9 Å². The van der Waals surface area contributed by atoms with E-state index in [4.69, 9.17) is 5.11 Å². The van der Waals surface area contributed by atoms with E-state index in [0.717, 1.165) is 5.56 Å².